The fourth-order valence-corrected chi connectivity index (χ4v) is 1.68. The SMILES string of the molecule is C=CC(=N)OS(=O)(=O)c1ccccc1. The number of hydrogen-bond acceptors (Lipinski definition) is 4. The molecule has 74 valence electrons. The summed E-state index contributed by atoms with van der Waals surface area (Å²) in [5.74, 6) is -0.492. The van der Waals surface area contributed by atoms with E-state index < -0.39 is 16.0 Å². The van der Waals surface area contributed by atoms with Crippen LogP contribution in [0, 0.1) is 5.41 Å². The molecule has 0 atom stereocenters. The molecule has 0 saturated carbocycles. The van der Waals surface area contributed by atoms with Crippen LogP contribution in [0.1, 0.15) is 0 Å². The van der Waals surface area contributed by atoms with Crippen LogP contribution in [0.4, 0.5) is 0 Å². The van der Waals surface area contributed by atoms with E-state index in [1.54, 1.807) is 18.2 Å². The summed E-state index contributed by atoms with van der Waals surface area (Å²) in [4.78, 5) is 0.0200. The minimum Gasteiger partial charge on any atom is -0.359 e. The van der Waals surface area contributed by atoms with E-state index in [2.05, 4.69) is 10.8 Å². The minimum atomic E-state index is -3.87. The lowest BCUT2D eigenvalue weighted by Crippen LogP contribution is -2.10. The normalized spacial score (nSPS) is 10.6. The molecule has 0 bridgehead atoms. The molecule has 0 radical (unpaired) electrons. The number of nitrogens with one attached hydrogen (secondary N) is 1. The van der Waals surface area contributed by atoms with Gasteiger partial charge in [-0.3, -0.25) is 5.41 Å². The zero-order valence-corrected chi connectivity index (χ0v) is 8.12. The molecule has 5 heteroatoms. The van der Waals surface area contributed by atoms with Crippen molar-refractivity contribution in [3.05, 3.63) is 43.0 Å². The Morgan fingerprint density at radius 1 is 1.36 bits per heavy atom. The van der Waals surface area contributed by atoms with Gasteiger partial charge < -0.3 is 4.18 Å². The molecule has 1 aromatic carbocycles. The van der Waals surface area contributed by atoms with Gasteiger partial charge in [-0.1, -0.05) is 24.8 Å². The standard InChI is InChI=1S/C9H9NO3S/c1-2-9(10)13-14(11,12)8-6-4-3-5-7-8/h2-7,10H,1H2. The summed E-state index contributed by atoms with van der Waals surface area (Å²) in [5, 5.41) is 7.02. The molecule has 1 N–H and O–H groups in total. The predicted octanol–water partition coefficient (Wildman–Crippen LogP) is 1.56. The number of rotatable bonds is 3. The third-order valence-corrected chi connectivity index (χ3v) is 2.67. The van der Waals surface area contributed by atoms with Crippen LogP contribution in [0.25, 0.3) is 0 Å². The van der Waals surface area contributed by atoms with Crippen molar-refractivity contribution >= 4 is 16.0 Å². The van der Waals surface area contributed by atoms with E-state index >= 15 is 0 Å². The Kier molecular flexibility index (Phi) is 3.03. The Morgan fingerprint density at radius 2 is 1.93 bits per heavy atom. The molecule has 0 fully saturated rings. The summed E-state index contributed by atoms with van der Waals surface area (Å²) in [5.41, 5.74) is 0. The molecule has 1 aromatic rings. The van der Waals surface area contributed by atoms with Crippen molar-refractivity contribution in [3.8, 4) is 0 Å². The topological polar surface area (TPSA) is 67.2 Å². The Morgan fingerprint density at radius 3 is 2.43 bits per heavy atom. The summed E-state index contributed by atoms with van der Waals surface area (Å²) in [6, 6.07) is 7.64. The molecule has 0 aliphatic carbocycles. The summed E-state index contributed by atoms with van der Waals surface area (Å²) >= 11 is 0. The zero-order chi connectivity index (χ0) is 10.6. The van der Waals surface area contributed by atoms with Crippen LogP contribution in [0.15, 0.2) is 47.9 Å². The highest BCUT2D eigenvalue weighted by atomic mass is 32.2. The van der Waals surface area contributed by atoms with Crippen LogP contribution in [0.5, 0.6) is 0 Å². The average Bonchev–Trinajstić information content (AvgIpc) is 2.18. The third-order valence-electron chi connectivity index (χ3n) is 1.42. The molecule has 0 aliphatic rings. The van der Waals surface area contributed by atoms with Gasteiger partial charge in [-0.05, 0) is 18.2 Å². The van der Waals surface area contributed by atoms with E-state index in [1.807, 2.05) is 0 Å². The third kappa shape index (κ3) is 2.43. The van der Waals surface area contributed by atoms with E-state index in [-0.39, 0.29) is 4.90 Å². The monoisotopic (exact) mass is 211 g/mol. The fraction of sp³-hybridized carbons (Fsp3) is 0. The van der Waals surface area contributed by atoms with Crippen LogP contribution in [-0.2, 0) is 14.3 Å². The van der Waals surface area contributed by atoms with E-state index in [9.17, 15) is 8.42 Å². The van der Waals surface area contributed by atoms with Crippen molar-refractivity contribution in [2.24, 2.45) is 0 Å². The zero-order valence-electron chi connectivity index (χ0n) is 7.30. The smallest absolute Gasteiger partial charge is 0.340 e. The molecule has 0 aliphatic heterocycles. The first kappa shape index (κ1) is 10.5. The lowest BCUT2D eigenvalue weighted by molar-refractivity contribution is 0.482. The Balaban J connectivity index is 2.98. The van der Waals surface area contributed by atoms with Crippen molar-refractivity contribution in [3.63, 3.8) is 0 Å². The number of benzene rings is 1. The summed E-state index contributed by atoms with van der Waals surface area (Å²) in [6.07, 6.45) is 1.01. The van der Waals surface area contributed by atoms with Gasteiger partial charge in [0.25, 0.3) is 0 Å². The van der Waals surface area contributed by atoms with Crippen molar-refractivity contribution in [2.45, 2.75) is 4.90 Å². The van der Waals surface area contributed by atoms with Gasteiger partial charge in [-0.15, -0.1) is 0 Å². The van der Waals surface area contributed by atoms with Crippen LogP contribution in [0.3, 0.4) is 0 Å². The molecule has 0 saturated heterocycles. The predicted molar refractivity (Wildman–Crippen MR) is 52.6 cm³/mol. The van der Waals surface area contributed by atoms with Gasteiger partial charge in [0.1, 0.15) is 4.90 Å². The van der Waals surface area contributed by atoms with Crippen LogP contribution >= 0.6 is 0 Å². The van der Waals surface area contributed by atoms with Crippen LogP contribution in [-0.4, -0.2) is 14.3 Å². The number of hydrogen-bond donors (Lipinski definition) is 1. The first-order valence-corrected chi connectivity index (χ1v) is 5.17. The van der Waals surface area contributed by atoms with E-state index in [4.69, 9.17) is 5.41 Å². The van der Waals surface area contributed by atoms with Crippen molar-refractivity contribution < 1.29 is 12.6 Å². The molecule has 0 heterocycles. The second kappa shape index (κ2) is 4.06. The van der Waals surface area contributed by atoms with Crippen molar-refractivity contribution in [1.82, 2.24) is 0 Å². The maximum Gasteiger partial charge on any atom is 0.340 e. The highest BCUT2D eigenvalue weighted by Crippen LogP contribution is 2.11. The maximum absolute atomic E-state index is 11.4. The van der Waals surface area contributed by atoms with E-state index in [0.717, 1.165) is 6.08 Å². The second-order valence-corrected chi connectivity index (χ2v) is 3.97. The van der Waals surface area contributed by atoms with Gasteiger partial charge in [0.15, 0.2) is 0 Å². The summed E-state index contributed by atoms with van der Waals surface area (Å²) < 4.78 is 27.2. The lowest BCUT2D eigenvalue weighted by Gasteiger charge is -2.03. The maximum atomic E-state index is 11.4. The molecular weight excluding hydrogens is 202 g/mol. The van der Waals surface area contributed by atoms with Crippen molar-refractivity contribution in [1.29, 1.82) is 5.41 Å². The summed E-state index contributed by atoms with van der Waals surface area (Å²) in [7, 11) is -3.87. The highest BCUT2D eigenvalue weighted by molar-refractivity contribution is 7.87. The molecule has 0 amide bonds. The Hall–Kier alpha value is -1.62. The van der Waals surface area contributed by atoms with Gasteiger partial charge >= 0.3 is 10.1 Å². The first-order chi connectivity index (χ1) is 6.56. The Bertz CT molecular complexity index is 436. The van der Waals surface area contributed by atoms with Crippen LogP contribution < -0.4 is 0 Å². The highest BCUT2D eigenvalue weighted by Gasteiger charge is 2.15. The average molecular weight is 211 g/mol. The van der Waals surface area contributed by atoms with E-state index in [1.165, 1.54) is 12.1 Å². The molecule has 0 unspecified atom stereocenters. The molecular formula is C9H9NO3S. The van der Waals surface area contributed by atoms with Gasteiger partial charge in [0.05, 0.1) is 0 Å². The summed E-state index contributed by atoms with van der Waals surface area (Å²) in [6.45, 7) is 3.22. The van der Waals surface area contributed by atoms with Crippen molar-refractivity contribution in [2.75, 3.05) is 0 Å². The molecule has 14 heavy (non-hydrogen) atoms. The largest absolute Gasteiger partial charge is 0.359 e. The van der Waals surface area contributed by atoms with Gasteiger partial charge in [-0.25, -0.2) is 0 Å². The van der Waals surface area contributed by atoms with Gasteiger partial charge in [0.2, 0.25) is 5.90 Å². The van der Waals surface area contributed by atoms with Gasteiger partial charge in [0, 0.05) is 0 Å². The molecule has 1 rings (SSSR count). The first-order valence-electron chi connectivity index (χ1n) is 3.77. The molecule has 0 aromatic heterocycles. The molecule has 0 spiro atoms. The second-order valence-electron chi connectivity index (χ2n) is 2.42. The lowest BCUT2D eigenvalue weighted by atomic mass is 10.4. The Labute approximate surface area is 82.5 Å². The van der Waals surface area contributed by atoms with Gasteiger partial charge in [-0.2, -0.15) is 8.42 Å². The minimum absolute atomic E-state index is 0.0200. The quantitative estimate of drug-likeness (QED) is 0.468. The van der Waals surface area contributed by atoms with Crippen LogP contribution in [0.2, 0.25) is 0 Å². The molecule has 4 nitrogen and oxygen atoms in total. The van der Waals surface area contributed by atoms with E-state index in [0.29, 0.717) is 0 Å². The fourth-order valence-electron chi connectivity index (χ4n) is 0.787.